The van der Waals surface area contributed by atoms with Gasteiger partial charge in [-0.25, -0.2) is 0 Å². The van der Waals surface area contributed by atoms with Crippen LogP contribution in [0.3, 0.4) is 0 Å². The lowest BCUT2D eigenvalue weighted by Crippen LogP contribution is -1.82. The zero-order valence-corrected chi connectivity index (χ0v) is 11.4. The van der Waals surface area contributed by atoms with Crippen LogP contribution in [-0.2, 0) is 0 Å². The Kier molecular flexibility index (Phi) is 14.3. The average Bonchev–Trinajstić information content (AvgIpc) is 2.26. The van der Waals surface area contributed by atoms with E-state index in [1.807, 2.05) is 5.82 Å². The van der Waals surface area contributed by atoms with Crippen LogP contribution >= 0.6 is 8.58 Å². The van der Waals surface area contributed by atoms with Crippen molar-refractivity contribution in [2.75, 3.05) is 6.16 Å². The van der Waals surface area contributed by atoms with Crippen molar-refractivity contribution in [2.45, 2.75) is 71.1 Å². The van der Waals surface area contributed by atoms with Crippen molar-refractivity contribution in [1.29, 1.82) is 0 Å². The minimum absolute atomic E-state index is 1.32. The second kappa shape index (κ2) is 14.2. The van der Waals surface area contributed by atoms with Crippen molar-refractivity contribution in [3.8, 4) is 0 Å². The minimum atomic E-state index is 1.32. The lowest BCUT2D eigenvalue weighted by Gasteiger charge is -2.01. The highest BCUT2D eigenvalue weighted by molar-refractivity contribution is 7.41. The molecule has 1 heteroatoms. The third-order valence-electron chi connectivity index (χ3n) is 2.77. The Morgan fingerprint density at radius 3 is 1.73 bits per heavy atom. The molecule has 0 aromatic heterocycles. The van der Waals surface area contributed by atoms with Crippen LogP contribution in [0.25, 0.3) is 0 Å². The normalized spacial score (nSPS) is 11.3. The van der Waals surface area contributed by atoms with Crippen LogP contribution in [0.2, 0.25) is 0 Å². The lowest BCUT2D eigenvalue weighted by molar-refractivity contribution is 0.563. The molecule has 0 fully saturated rings. The molecule has 15 heavy (non-hydrogen) atoms. The van der Waals surface area contributed by atoms with E-state index in [2.05, 4.69) is 13.5 Å². The fourth-order valence-electron chi connectivity index (χ4n) is 1.78. The molecule has 0 aliphatic carbocycles. The van der Waals surface area contributed by atoms with Gasteiger partial charge in [-0.1, -0.05) is 85.7 Å². The minimum Gasteiger partial charge on any atom is -0.0982 e. The highest BCUT2D eigenvalue weighted by Crippen LogP contribution is 2.15. The van der Waals surface area contributed by atoms with Crippen molar-refractivity contribution >= 4 is 8.58 Å². The van der Waals surface area contributed by atoms with Gasteiger partial charge in [0.1, 0.15) is 0 Å². The maximum Gasteiger partial charge on any atom is -0.0250 e. The van der Waals surface area contributed by atoms with Crippen molar-refractivity contribution in [3.05, 3.63) is 12.4 Å². The third-order valence-corrected chi connectivity index (χ3v) is 3.60. The summed E-state index contributed by atoms with van der Waals surface area (Å²) in [6.07, 6.45) is 15.7. The largest absolute Gasteiger partial charge is 0.0982 e. The van der Waals surface area contributed by atoms with Crippen LogP contribution in [0.5, 0.6) is 0 Å². The average molecular weight is 227 g/mol. The Balaban J connectivity index is 2.83. The van der Waals surface area contributed by atoms with E-state index in [1.165, 1.54) is 79.0 Å². The van der Waals surface area contributed by atoms with Crippen LogP contribution in [0, 0.1) is 0 Å². The van der Waals surface area contributed by atoms with Crippen LogP contribution in [0.15, 0.2) is 12.4 Å². The third kappa shape index (κ3) is 14.2. The molecule has 0 aliphatic rings. The van der Waals surface area contributed by atoms with E-state index in [1.54, 1.807) is 0 Å². The van der Waals surface area contributed by atoms with Crippen molar-refractivity contribution < 1.29 is 0 Å². The van der Waals surface area contributed by atoms with Crippen molar-refractivity contribution in [3.63, 3.8) is 0 Å². The highest BCUT2D eigenvalue weighted by atomic mass is 31.1. The molecule has 0 saturated heterocycles. The van der Waals surface area contributed by atoms with Crippen LogP contribution in [-0.4, -0.2) is 6.16 Å². The van der Waals surface area contributed by atoms with E-state index in [0.29, 0.717) is 0 Å². The number of hydrogen-bond acceptors (Lipinski definition) is 0. The van der Waals surface area contributed by atoms with E-state index in [4.69, 9.17) is 0 Å². The maximum absolute atomic E-state index is 3.73. The Morgan fingerprint density at radius 1 is 0.800 bits per heavy atom. The molecule has 0 rings (SSSR count). The lowest BCUT2D eigenvalue weighted by atomic mass is 10.1. The summed E-state index contributed by atoms with van der Waals surface area (Å²) in [5.41, 5.74) is 0. The Hall–Kier alpha value is 0.170. The molecule has 0 N–H and O–H groups in total. The summed E-state index contributed by atoms with van der Waals surface area (Å²) < 4.78 is 0. The molecular weight excluding hydrogens is 199 g/mol. The zero-order valence-electron chi connectivity index (χ0n) is 10.5. The summed E-state index contributed by atoms with van der Waals surface area (Å²) >= 11 is 0. The molecule has 0 spiro atoms. The molecule has 0 nitrogen and oxygen atoms in total. The van der Waals surface area contributed by atoms with E-state index in [9.17, 15) is 0 Å². The predicted molar refractivity (Wildman–Crippen MR) is 73.8 cm³/mol. The number of unbranched alkanes of at least 4 members (excludes halogenated alkanes) is 9. The Bertz CT molecular complexity index is 121. The molecule has 0 saturated carbocycles. The summed E-state index contributed by atoms with van der Waals surface area (Å²) in [6, 6.07) is 0. The fourth-order valence-corrected chi connectivity index (χ4v) is 2.37. The van der Waals surface area contributed by atoms with Gasteiger partial charge in [0, 0.05) is 0 Å². The van der Waals surface area contributed by atoms with Gasteiger partial charge in [-0.05, 0) is 12.6 Å². The molecule has 0 unspecified atom stereocenters. The highest BCUT2D eigenvalue weighted by Gasteiger charge is 1.92. The van der Waals surface area contributed by atoms with Crippen molar-refractivity contribution in [1.82, 2.24) is 0 Å². The molecule has 0 aliphatic heterocycles. The van der Waals surface area contributed by atoms with Gasteiger partial charge >= 0.3 is 0 Å². The van der Waals surface area contributed by atoms with Gasteiger partial charge < -0.3 is 0 Å². The monoisotopic (exact) mass is 227 g/mol. The van der Waals surface area contributed by atoms with Gasteiger partial charge in [-0.2, -0.15) is 0 Å². The smallest absolute Gasteiger partial charge is 0.0250 e. The van der Waals surface area contributed by atoms with Gasteiger partial charge in [0.05, 0.1) is 0 Å². The summed E-state index contributed by atoms with van der Waals surface area (Å²) in [6.45, 7) is 6.01. The molecular formula is C14H28P. The number of rotatable bonds is 12. The first-order valence-electron chi connectivity index (χ1n) is 6.69. The van der Waals surface area contributed by atoms with E-state index in [0.717, 1.165) is 0 Å². The fraction of sp³-hybridized carbons (Fsp3) is 0.857. The van der Waals surface area contributed by atoms with E-state index >= 15 is 0 Å². The van der Waals surface area contributed by atoms with Gasteiger partial charge in [0.2, 0.25) is 0 Å². The first kappa shape index (κ1) is 15.2. The second-order valence-electron chi connectivity index (χ2n) is 4.27. The summed E-state index contributed by atoms with van der Waals surface area (Å²) in [5, 5.41) is 0. The topological polar surface area (TPSA) is 0 Å². The van der Waals surface area contributed by atoms with E-state index in [-0.39, 0.29) is 0 Å². The zero-order chi connectivity index (χ0) is 11.2. The van der Waals surface area contributed by atoms with Crippen LogP contribution < -0.4 is 0 Å². The van der Waals surface area contributed by atoms with Gasteiger partial charge in [-0.3, -0.25) is 0 Å². The van der Waals surface area contributed by atoms with Crippen LogP contribution in [0.1, 0.15) is 71.1 Å². The molecule has 1 radical (unpaired) electrons. The summed E-state index contributed by atoms with van der Waals surface area (Å²) in [5.74, 6) is 2.01. The quantitative estimate of drug-likeness (QED) is 0.283. The second-order valence-corrected chi connectivity index (χ2v) is 5.45. The first-order chi connectivity index (χ1) is 7.41. The first-order valence-corrected chi connectivity index (χ1v) is 7.84. The van der Waals surface area contributed by atoms with Crippen LogP contribution in [0.4, 0.5) is 0 Å². The van der Waals surface area contributed by atoms with Gasteiger partial charge in [0.25, 0.3) is 0 Å². The summed E-state index contributed by atoms with van der Waals surface area (Å²) in [7, 11) is 1.42. The Labute approximate surface area is 98.7 Å². The molecule has 0 heterocycles. The SMILES string of the molecule is C=C[P]CCCCCCCCCCCC. The standard InChI is InChI=1S/C14H28P/c1-3-5-6-7-8-9-10-11-12-13-14-15-4-2/h4H,2-3,5-14H2,1H3. The maximum atomic E-state index is 3.73. The van der Waals surface area contributed by atoms with Gasteiger partial charge in [0.15, 0.2) is 0 Å². The molecule has 0 aromatic rings. The molecule has 0 bridgehead atoms. The van der Waals surface area contributed by atoms with Crippen molar-refractivity contribution in [2.24, 2.45) is 0 Å². The van der Waals surface area contributed by atoms with Gasteiger partial charge in [-0.15, -0.1) is 0 Å². The molecule has 89 valence electrons. The van der Waals surface area contributed by atoms with E-state index < -0.39 is 0 Å². The Morgan fingerprint density at radius 2 is 1.27 bits per heavy atom. The number of hydrogen-bond donors (Lipinski definition) is 0. The summed E-state index contributed by atoms with van der Waals surface area (Å²) in [4.78, 5) is 0. The predicted octanol–water partition coefficient (Wildman–Crippen LogP) is 6.00. The molecule has 0 aromatic carbocycles. The molecule has 0 amide bonds. The molecule has 0 atom stereocenters.